The molecular formula is C20H25N7O3. The molecule has 0 atom stereocenters. The molecule has 2 N–H and O–H groups in total. The topological polar surface area (TPSA) is 109 Å². The fraction of sp³-hybridized carbons (Fsp3) is 0.400. The Hall–Kier alpha value is -3.40. The summed E-state index contributed by atoms with van der Waals surface area (Å²) in [5, 5.41) is 12.8. The fourth-order valence-electron chi connectivity index (χ4n) is 3.90. The number of aromatic nitrogens is 4. The lowest BCUT2D eigenvalue weighted by atomic mass is 10.1. The predicted molar refractivity (Wildman–Crippen MR) is 115 cm³/mol. The summed E-state index contributed by atoms with van der Waals surface area (Å²) < 4.78 is 3.35. The molecule has 3 heterocycles. The number of piperazine rings is 1. The molecule has 0 spiro atoms. The maximum atomic E-state index is 13.3. The molecule has 0 saturated carbocycles. The maximum Gasteiger partial charge on any atom is 0.337 e. The van der Waals surface area contributed by atoms with Gasteiger partial charge in [0.1, 0.15) is 0 Å². The van der Waals surface area contributed by atoms with Crippen molar-refractivity contribution in [3.05, 3.63) is 40.2 Å². The van der Waals surface area contributed by atoms with Gasteiger partial charge >= 0.3 is 5.97 Å². The summed E-state index contributed by atoms with van der Waals surface area (Å²) >= 11 is 0. The Bertz CT molecular complexity index is 1160. The number of carboxylic acids is 1. The second-order valence-corrected chi connectivity index (χ2v) is 7.22. The predicted octanol–water partition coefficient (Wildman–Crippen LogP) is 1.03. The SMILES string of the molecule is CCn1c(N2CCNCC2)nc2nc(N(C)c3ccccc3C(=O)O)n(C)c(=O)c21. The lowest BCUT2D eigenvalue weighted by molar-refractivity contribution is 0.0697. The third kappa shape index (κ3) is 3.18. The molecule has 1 saturated heterocycles. The van der Waals surface area contributed by atoms with E-state index in [9.17, 15) is 14.7 Å². The van der Waals surface area contributed by atoms with Gasteiger partial charge in [-0.15, -0.1) is 0 Å². The number of anilines is 3. The molecule has 0 unspecified atom stereocenters. The highest BCUT2D eigenvalue weighted by molar-refractivity contribution is 5.95. The second kappa shape index (κ2) is 7.79. The number of carbonyl (C=O) groups is 1. The van der Waals surface area contributed by atoms with Crippen LogP contribution in [0, 0.1) is 0 Å². The normalized spacial score (nSPS) is 14.3. The first-order valence-electron chi connectivity index (χ1n) is 9.93. The van der Waals surface area contributed by atoms with Crippen LogP contribution in [0.4, 0.5) is 17.6 Å². The summed E-state index contributed by atoms with van der Waals surface area (Å²) in [7, 11) is 3.34. The van der Waals surface area contributed by atoms with E-state index in [1.807, 2.05) is 11.5 Å². The molecule has 0 aliphatic carbocycles. The molecule has 4 rings (SSSR count). The zero-order valence-electron chi connectivity index (χ0n) is 17.3. The van der Waals surface area contributed by atoms with Gasteiger partial charge in [0.15, 0.2) is 11.2 Å². The first-order valence-corrected chi connectivity index (χ1v) is 9.93. The highest BCUT2D eigenvalue weighted by Gasteiger charge is 2.24. The van der Waals surface area contributed by atoms with E-state index in [1.54, 1.807) is 37.2 Å². The van der Waals surface area contributed by atoms with Crippen LogP contribution in [-0.2, 0) is 13.6 Å². The number of imidazole rings is 1. The molecule has 30 heavy (non-hydrogen) atoms. The molecule has 2 aromatic heterocycles. The van der Waals surface area contributed by atoms with Gasteiger partial charge in [-0.2, -0.15) is 9.97 Å². The zero-order chi connectivity index (χ0) is 21.4. The molecule has 0 amide bonds. The van der Waals surface area contributed by atoms with Crippen molar-refractivity contribution >= 4 is 34.7 Å². The molecule has 1 aromatic carbocycles. The average molecular weight is 411 g/mol. The number of hydrogen-bond donors (Lipinski definition) is 2. The number of benzene rings is 1. The highest BCUT2D eigenvalue weighted by Crippen LogP contribution is 2.27. The van der Waals surface area contributed by atoms with E-state index in [0.717, 1.165) is 32.1 Å². The minimum atomic E-state index is -1.04. The second-order valence-electron chi connectivity index (χ2n) is 7.22. The lowest BCUT2D eigenvalue weighted by Crippen LogP contribution is -2.44. The van der Waals surface area contributed by atoms with Crippen molar-refractivity contribution in [3.63, 3.8) is 0 Å². The first-order chi connectivity index (χ1) is 14.4. The van der Waals surface area contributed by atoms with Crippen molar-refractivity contribution in [1.29, 1.82) is 0 Å². The fourth-order valence-corrected chi connectivity index (χ4v) is 3.90. The van der Waals surface area contributed by atoms with Crippen LogP contribution < -0.4 is 20.7 Å². The third-order valence-corrected chi connectivity index (χ3v) is 5.45. The summed E-state index contributed by atoms with van der Waals surface area (Å²) in [5.74, 6) is 0.0259. The Morgan fingerprint density at radius 3 is 2.60 bits per heavy atom. The summed E-state index contributed by atoms with van der Waals surface area (Å²) in [6.45, 7) is 5.92. The number of carboxylic acid groups (broad SMARTS) is 1. The number of nitrogens with one attached hydrogen (secondary N) is 1. The quantitative estimate of drug-likeness (QED) is 0.641. The summed E-state index contributed by atoms with van der Waals surface area (Å²) in [5.41, 5.74) is 1.18. The summed E-state index contributed by atoms with van der Waals surface area (Å²) in [4.78, 5) is 38.0. The molecule has 1 aliphatic rings. The Balaban J connectivity index is 1.88. The van der Waals surface area contributed by atoms with Gasteiger partial charge in [-0.05, 0) is 19.1 Å². The number of aromatic carboxylic acids is 1. The Kier molecular flexibility index (Phi) is 5.17. The van der Waals surface area contributed by atoms with Crippen molar-refractivity contribution < 1.29 is 9.90 Å². The Morgan fingerprint density at radius 1 is 1.23 bits per heavy atom. The van der Waals surface area contributed by atoms with Crippen LogP contribution in [0.3, 0.4) is 0 Å². The average Bonchev–Trinajstić information content (AvgIpc) is 3.15. The first kappa shape index (κ1) is 19.9. The van der Waals surface area contributed by atoms with Crippen LogP contribution in [0.1, 0.15) is 17.3 Å². The van der Waals surface area contributed by atoms with Crippen LogP contribution in [0.5, 0.6) is 0 Å². The number of hydrogen-bond acceptors (Lipinski definition) is 7. The van der Waals surface area contributed by atoms with Crippen LogP contribution in [0.15, 0.2) is 29.1 Å². The van der Waals surface area contributed by atoms with Crippen molar-refractivity contribution in [2.45, 2.75) is 13.5 Å². The minimum Gasteiger partial charge on any atom is -0.478 e. The van der Waals surface area contributed by atoms with Gasteiger partial charge in [0.05, 0.1) is 11.3 Å². The zero-order valence-corrected chi connectivity index (χ0v) is 17.3. The van der Waals surface area contributed by atoms with Gasteiger partial charge < -0.3 is 24.8 Å². The molecule has 0 radical (unpaired) electrons. The van der Waals surface area contributed by atoms with Gasteiger partial charge in [-0.25, -0.2) is 4.79 Å². The van der Waals surface area contributed by atoms with E-state index >= 15 is 0 Å². The molecule has 0 bridgehead atoms. The number of rotatable bonds is 5. The van der Waals surface area contributed by atoms with Gasteiger partial charge in [0.2, 0.25) is 11.9 Å². The summed E-state index contributed by atoms with van der Waals surface area (Å²) in [6.07, 6.45) is 0. The summed E-state index contributed by atoms with van der Waals surface area (Å²) in [6, 6.07) is 6.64. The third-order valence-electron chi connectivity index (χ3n) is 5.45. The minimum absolute atomic E-state index is 0.134. The lowest BCUT2D eigenvalue weighted by Gasteiger charge is -2.28. The van der Waals surface area contributed by atoms with Crippen LogP contribution >= 0.6 is 0 Å². The van der Waals surface area contributed by atoms with Gasteiger partial charge in [0.25, 0.3) is 5.56 Å². The van der Waals surface area contributed by atoms with Crippen molar-refractivity contribution in [3.8, 4) is 0 Å². The van der Waals surface area contributed by atoms with Crippen molar-refractivity contribution in [2.75, 3.05) is 43.0 Å². The maximum absolute atomic E-state index is 13.3. The van der Waals surface area contributed by atoms with Gasteiger partial charge in [-0.3, -0.25) is 9.36 Å². The Morgan fingerprint density at radius 2 is 1.93 bits per heavy atom. The van der Waals surface area contributed by atoms with E-state index in [1.165, 1.54) is 10.6 Å². The molecule has 10 heteroatoms. The number of aryl methyl sites for hydroxylation is 1. The van der Waals surface area contributed by atoms with Crippen molar-refractivity contribution in [1.82, 2.24) is 24.4 Å². The molecule has 10 nitrogen and oxygen atoms in total. The standard InChI is InChI=1S/C20H25N7O3/c1-4-27-15-16(23-20(27)26-11-9-21-10-12-26)22-19(25(3)17(15)28)24(2)14-8-6-5-7-13(14)18(29)30/h5-8,21H,4,9-12H2,1-3H3,(H,29,30). The molecule has 3 aromatic rings. The van der Waals surface area contributed by atoms with E-state index < -0.39 is 5.97 Å². The molecule has 1 fully saturated rings. The number of para-hydroxylation sites is 1. The van der Waals surface area contributed by atoms with Crippen LogP contribution in [0.25, 0.3) is 11.2 Å². The van der Waals surface area contributed by atoms with E-state index in [-0.39, 0.29) is 11.1 Å². The monoisotopic (exact) mass is 411 g/mol. The molecular weight excluding hydrogens is 386 g/mol. The van der Waals surface area contributed by atoms with E-state index in [4.69, 9.17) is 4.98 Å². The number of nitrogens with zero attached hydrogens (tertiary/aromatic N) is 6. The smallest absolute Gasteiger partial charge is 0.337 e. The van der Waals surface area contributed by atoms with Crippen LogP contribution in [0.2, 0.25) is 0 Å². The van der Waals surface area contributed by atoms with Gasteiger partial charge in [0, 0.05) is 46.8 Å². The van der Waals surface area contributed by atoms with Crippen LogP contribution in [-0.4, -0.2) is 63.4 Å². The largest absolute Gasteiger partial charge is 0.478 e. The Labute approximate surface area is 173 Å². The van der Waals surface area contributed by atoms with Gasteiger partial charge in [-0.1, -0.05) is 12.1 Å². The molecule has 158 valence electrons. The van der Waals surface area contributed by atoms with E-state index in [2.05, 4.69) is 15.2 Å². The van der Waals surface area contributed by atoms with Crippen molar-refractivity contribution in [2.24, 2.45) is 7.05 Å². The van der Waals surface area contributed by atoms with E-state index in [0.29, 0.717) is 29.3 Å². The number of fused-ring (bicyclic) bond motifs is 1. The highest BCUT2D eigenvalue weighted by atomic mass is 16.4. The molecule has 1 aliphatic heterocycles.